The Hall–Kier alpha value is -1.38. The number of ketones is 1. The molecule has 0 saturated heterocycles. The second-order valence-electron chi connectivity index (χ2n) is 4.00. The molecule has 0 aromatic heterocycles. The molecule has 0 heterocycles. The summed E-state index contributed by atoms with van der Waals surface area (Å²) in [5.74, 6) is -0.859. The van der Waals surface area contributed by atoms with E-state index in [1.807, 2.05) is 6.08 Å². The van der Waals surface area contributed by atoms with E-state index in [0.29, 0.717) is 12.8 Å². The number of carbonyl (C=O) groups excluding carboxylic acids is 1. The number of carboxylic acids is 1. The first-order chi connectivity index (χ1) is 8.16. The van der Waals surface area contributed by atoms with Gasteiger partial charge in [0, 0.05) is 12.8 Å². The molecule has 0 amide bonds. The quantitative estimate of drug-likeness (QED) is 0.360. The van der Waals surface area contributed by atoms with Gasteiger partial charge in [-0.15, -0.1) is 0 Å². The Morgan fingerprint density at radius 1 is 1.06 bits per heavy atom. The molecule has 0 aliphatic rings. The van der Waals surface area contributed by atoms with Crippen LogP contribution >= 0.6 is 0 Å². The van der Waals surface area contributed by atoms with E-state index in [2.05, 4.69) is 13.0 Å². The van der Waals surface area contributed by atoms with Crippen molar-refractivity contribution in [2.75, 3.05) is 0 Å². The van der Waals surface area contributed by atoms with Gasteiger partial charge in [-0.2, -0.15) is 0 Å². The van der Waals surface area contributed by atoms with Crippen LogP contribution in [0.5, 0.6) is 0 Å². The maximum Gasteiger partial charge on any atom is 0.303 e. The zero-order valence-corrected chi connectivity index (χ0v) is 10.5. The topological polar surface area (TPSA) is 54.4 Å². The molecule has 0 radical (unpaired) electrons. The molecule has 0 aliphatic carbocycles. The van der Waals surface area contributed by atoms with Crippen molar-refractivity contribution < 1.29 is 14.7 Å². The van der Waals surface area contributed by atoms with Gasteiger partial charge < -0.3 is 5.11 Å². The number of rotatable bonds is 10. The lowest BCUT2D eigenvalue weighted by Crippen LogP contribution is -1.97. The zero-order chi connectivity index (χ0) is 12.9. The van der Waals surface area contributed by atoms with Gasteiger partial charge >= 0.3 is 5.97 Å². The van der Waals surface area contributed by atoms with E-state index in [9.17, 15) is 9.59 Å². The Balaban J connectivity index is 3.55. The van der Waals surface area contributed by atoms with Crippen molar-refractivity contribution in [1.29, 1.82) is 0 Å². The standard InChI is InChI=1S/C14H22O3/c1-2-3-4-5-6-7-8-10-13(15)11-9-12-14(16)17/h6-8,10H,2-5,9,11-12H2,1H3,(H,16,17)/b7-6+,10-8+. The number of allylic oxidation sites excluding steroid dienone is 4. The first-order valence-electron chi connectivity index (χ1n) is 6.24. The predicted octanol–water partition coefficient (Wildman–Crippen LogP) is 3.50. The molecule has 1 N–H and O–H groups in total. The van der Waals surface area contributed by atoms with E-state index in [1.54, 1.807) is 6.08 Å². The number of aliphatic carboxylic acids is 1. The van der Waals surface area contributed by atoms with Crippen molar-refractivity contribution in [2.45, 2.75) is 51.9 Å². The minimum Gasteiger partial charge on any atom is -0.481 e. The van der Waals surface area contributed by atoms with Gasteiger partial charge in [-0.3, -0.25) is 9.59 Å². The summed E-state index contributed by atoms with van der Waals surface area (Å²) in [6.07, 6.45) is 12.7. The van der Waals surface area contributed by atoms with Crippen molar-refractivity contribution in [2.24, 2.45) is 0 Å². The van der Waals surface area contributed by atoms with Crippen molar-refractivity contribution in [3.05, 3.63) is 24.3 Å². The molecule has 17 heavy (non-hydrogen) atoms. The number of carbonyl (C=O) groups is 2. The van der Waals surface area contributed by atoms with Crippen LogP contribution in [-0.4, -0.2) is 16.9 Å². The number of hydrogen-bond donors (Lipinski definition) is 1. The third-order valence-electron chi connectivity index (χ3n) is 2.32. The molecule has 3 heteroatoms. The lowest BCUT2D eigenvalue weighted by atomic mass is 10.1. The van der Waals surface area contributed by atoms with Crippen LogP contribution in [-0.2, 0) is 9.59 Å². The second-order valence-corrected chi connectivity index (χ2v) is 4.00. The van der Waals surface area contributed by atoms with Gasteiger partial charge in [-0.1, -0.05) is 38.0 Å². The third kappa shape index (κ3) is 12.6. The van der Waals surface area contributed by atoms with E-state index in [1.165, 1.54) is 25.3 Å². The minimum absolute atomic E-state index is 0.00976. The van der Waals surface area contributed by atoms with Crippen LogP contribution in [0, 0.1) is 0 Å². The average molecular weight is 238 g/mol. The van der Waals surface area contributed by atoms with Crippen LogP contribution in [0.15, 0.2) is 24.3 Å². The maximum atomic E-state index is 11.2. The molecule has 0 saturated carbocycles. The molecule has 0 rings (SSSR count). The lowest BCUT2D eigenvalue weighted by Gasteiger charge is -1.92. The summed E-state index contributed by atoms with van der Waals surface area (Å²) < 4.78 is 0. The summed E-state index contributed by atoms with van der Waals surface area (Å²) in [5.41, 5.74) is 0. The summed E-state index contributed by atoms with van der Waals surface area (Å²) in [7, 11) is 0. The smallest absolute Gasteiger partial charge is 0.303 e. The Morgan fingerprint density at radius 3 is 2.47 bits per heavy atom. The second kappa shape index (κ2) is 11.1. The van der Waals surface area contributed by atoms with Gasteiger partial charge in [-0.25, -0.2) is 0 Å². The summed E-state index contributed by atoms with van der Waals surface area (Å²) in [6.45, 7) is 2.17. The lowest BCUT2D eigenvalue weighted by molar-refractivity contribution is -0.137. The Morgan fingerprint density at radius 2 is 1.82 bits per heavy atom. The van der Waals surface area contributed by atoms with Gasteiger partial charge in [0.1, 0.15) is 0 Å². The normalized spacial score (nSPS) is 11.4. The Kier molecular flexibility index (Phi) is 10.2. The highest BCUT2D eigenvalue weighted by atomic mass is 16.4. The molecular formula is C14H22O3. The van der Waals surface area contributed by atoms with Crippen molar-refractivity contribution in [1.82, 2.24) is 0 Å². The maximum absolute atomic E-state index is 11.2. The number of carboxylic acid groups (broad SMARTS) is 1. The predicted molar refractivity (Wildman–Crippen MR) is 68.9 cm³/mol. The van der Waals surface area contributed by atoms with E-state index >= 15 is 0 Å². The molecular weight excluding hydrogens is 216 g/mol. The van der Waals surface area contributed by atoms with Gasteiger partial charge in [0.25, 0.3) is 0 Å². The average Bonchev–Trinajstić information content (AvgIpc) is 2.27. The van der Waals surface area contributed by atoms with Crippen LogP contribution in [0.3, 0.4) is 0 Å². The van der Waals surface area contributed by atoms with Gasteiger partial charge in [-0.05, 0) is 25.3 Å². The minimum atomic E-state index is -0.849. The zero-order valence-electron chi connectivity index (χ0n) is 10.5. The van der Waals surface area contributed by atoms with Gasteiger partial charge in [0.2, 0.25) is 0 Å². The first kappa shape index (κ1) is 15.6. The molecule has 0 aliphatic heterocycles. The van der Waals surface area contributed by atoms with Crippen molar-refractivity contribution in [3.8, 4) is 0 Å². The van der Waals surface area contributed by atoms with Crippen molar-refractivity contribution >= 4 is 11.8 Å². The first-order valence-corrected chi connectivity index (χ1v) is 6.24. The molecule has 0 fully saturated rings. The van der Waals surface area contributed by atoms with E-state index in [0.717, 1.165) is 6.42 Å². The molecule has 0 aromatic rings. The van der Waals surface area contributed by atoms with Crippen LogP contribution in [0.2, 0.25) is 0 Å². The molecule has 0 unspecified atom stereocenters. The Labute approximate surface area is 103 Å². The number of unbranched alkanes of at least 4 members (excludes halogenated alkanes) is 3. The van der Waals surface area contributed by atoms with Crippen LogP contribution in [0.25, 0.3) is 0 Å². The van der Waals surface area contributed by atoms with E-state index in [4.69, 9.17) is 5.11 Å². The van der Waals surface area contributed by atoms with E-state index in [-0.39, 0.29) is 12.2 Å². The summed E-state index contributed by atoms with van der Waals surface area (Å²) >= 11 is 0. The SMILES string of the molecule is CCCCC/C=C/C=C/C(=O)CCCC(=O)O. The molecule has 0 bridgehead atoms. The van der Waals surface area contributed by atoms with Gasteiger partial charge in [0.05, 0.1) is 0 Å². The highest BCUT2D eigenvalue weighted by molar-refractivity contribution is 5.90. The Bertz CT molecular complexity index is 277. The number of hydrogen-bond acceptors (Lipinski definition) is 2. The monoisotopic (exact) mass is 238 g/mol. The summed E-state index contributed by atoms with van der Waals surface area (Å²) in [6, 6.07) is 0. The summed E-state index contributed by atoms with van der Waals surface area (Å²) in [4.78, 5) is 21.5. The highest BCUT2D eigenvalue weighted by Gasteiger charge is 1.99. The fourth-order valence-electron chi connectivity index (χ4n) is 1.35. The molecule has 3 nitrogen and oxygen atoms in total. The third-order valence-corrected chi connectivity index (χ3v) is 2.32. The molecule has 0 spiro atoms. The largest absolute Gasteiger partial charge is 0.481 e. The fraction of sp³-hybridized carbons (Fsp3) is 0.571. The highest BCUT2D eigenvalue weighted by Crippen LogP contribution is 2.00. The molecule has 0 aromatic carbocycles. The van der Waals surface area contributed by atoms with Crippen molar-refractivity contribution in [3.63, 3.8) is 0 Å². The fourth-order valence-corrected chi connectivity index (χ4v) is 1.35. The van der Waals surface area contributed by atoms with Crippen LogP contribution in [0.1, 0.15) is 51.9 Å². The molecule has 96 valence electrons. The van der Waals surface area contributed by atoms with Crippen LogP contribution in [0.4, 0.5) is 0 Å². The summed E-state index contributed by atoms with van der Waals surface area (Å²) in [5, 5.41) is 8.40. The van der Waals surface area contributed by atoms with Crippen LogP contribution < -0.4 is 0 Å². The van der Waals surface area contributed by atoms with Gasteiger partial charge in [0.15, 0.2) is 5.78 Å². The van der Waals surface area contributed by atoms with E-state index < -0.39 is 5.97 Å². The molecule has 0 atom stereocenters.